The van der Waals surface area contributed by atoms with Gasteiger partial charge in [0.15, 0.2) is 0 Å². The summed E-state index contributed by atoms with van der Waals surface area (Å²) in [6.07, 6.45) is 0. The summed E-state index contributed by atoms with van der Waals surface area (Å²) in [7, 11) is 3.98. The Bertz CT molecular complexity index is 153. The molecule has 3 nitrogen and oxygen atoms in total. The highest BCUT2D eigenvalue weighted by Gasteiger charge is 2.17. The van der Waals surface area contributed by atoms with E-state index in [1.54, 1.807) is 0 Å². The molecule has 0 heterocycles. The van der Waals surface area contributed by atoms with E-state index in [9.17, 15) is 4.79 Å². The van der Waals surface area contributed by atoms with E-state index in [1.165, 1.54) is 0 Å². The molecule has 0 saturated heterocycles. The van der Waals surface area contributed by atoms with Crippen LogP contribution in [0, 0.1) is 5.92 Å². The zero-order valence-corrected chi connectivity index (χ0v) is 9.50. The van der Waals surface area contributed by atoms with E-state index < -0.39 is 0 Å². The zero-order valence-electron chi connectivity index (χ0n) is 9.50. The van der Waals surface area contributed by atoms with Crippen LogP contribution in [0.4, 0.5) is 0 Å². The first-order valence-electron chi connectivity index (χ1n) is 4.96. The molecule has 0 fully saturated rings. The first kappa shape index (κ1) is 12.4. The van der Waals surface area contributed by atoms with E-state index in [4.69, 9.17) is 0 Å². The second-order valence-electron chi connectivity index (χ2n) is 3.67. The Morgan fingerprint density at radius 2 is 1.69 bits per heavy atom. The van der Waals surface area contributed by atoms with Gasteiger partial charge in [-0.2, -0.15) is 0 Å². The van der Waals surface area contributed by atoms with Crippen molar-refractivity contribution in [2.75, 3.05) is 33.7 Å². The van der Waals surface area contributed by atoms with Crippen molar-refractivity contribution in [3.63, 3.8) is 0 Å². The topological polar surface area (TPSA) is 23.6 Å². The highest BCUT2D eigenvalue weighted by molar-refractivity contribution is 5.78. The minimum Gasteiger partial charge on any atom is -0.343 e. The van der Waals surface area contributed by atoms with E-state index >= 15 is 0 Å². The molecule has 78 valence electrons. The van der Waals surface area contributed by atoms with Crippen molar-refractivity contribution in [3.05, 3.63) is 0 Å². The van der Waals surface area contributed by atoms with Gasteiger partial charge in [0.1, 0.15) is 0 Å². The normalized spacial score (nSPS) is 13.1. The van der Waals surface area contributed by atoms with Gasteiger partial charge in [-0.1, -0.05) is 6.92 Å². The molecule has 0 aromatic rings. The lowest BCUT2D eigenvalue weighted by Crippen LogP contribution is -2.38. The van der Waals surface area contributed by atoms with Gasteiger partial charge in [-0.15, -0.1) is 0 Å². The van der Waals surface area contributed by atoms with Crippen molar-refractivity contribution in [2.24, 2.45) is 5.92 Å². The van der Waals surface area contributed by atoms with Gasteiger partial charge in [0, 0.05) is 25.6 Å². The monoisotopic (exact) mass is 186 g/mol. The number of hydrogen-bond acceptors (Lipinski definition) is 2. The third-order valence-corrected chi connectivity index (χ3v) is 2.14. The molecule has 0 aromatic carbocycles. The number of carbonyl (C=O) groups excluding carboxylic acids is 1. The smallest absolute Gasteiger partial charge is 0.226 e. The van der Waals surface area contributed by atoms with Crippen LogP contribution in [0.2, 0.25) is 0 Å². The molecule has 0 aromatic heterocycles. The molecular weight excluding hydrogens is 164 g/mol. The number of rotatable bonds is 5. The van der Waals surface area contributed by atoms with Gasteiger partial charge < -0.3 is 9.80 Å². The highest BCUT2D eigenvalue weighted by atomic mass is 16.2. The highest BCUT2D eigenvalue weighted by Crippen LogP contribution is 2.03. The summed E-state index contributed by atoms with van der Waals surface area (Å²) in [5.74, 6) is 0.369. The van der Waals surface area contributed by atoms with Crippen molar-refractivity contribution in [2.45, 2.75) is 20.8 Å². The Hall–Kier alpha value is -0.570. The van der Waals surface area contributed by atoms with E-state index in [2.05, 4.69) is 0 Å². The summed E-state index contributed by atoms with van der Waals surface area (Å²) in [6.45, 7) is 8.48. The third kappa shape index (κ3) is 4.27. The van der Waals surface area contributed by atoms with Crippen LogP contribution in [0.1, 0.15) is 20.8 Å². The molecular formula is C10H22N2O. The Morgan fingerprint density at radius 1 is 1.23 bits per heavy atom. The fourth-order valence-electron chi connectivity index (χ4n) is 1.47. The van der Waals surface area contributed by atoms with Crippen LogP contribution >= 0.6 is 0 Å². The third-order valence-electron chi connectivity index (χ3n) is 2.14. The maximum Gasteiger partial charge on any atom is 0.226 e. The lowest BCUT2D eigenvalue weighted by molar-refractivity contribution is -0.135. The Balaban J connectivity index is 4.07. The van der Waals surface area contributed by atoms with Crippen LogP contribution in [0.25, 0.3) is 0 Å². The van der Waals surface area contributed by atoms with Crippen molar-refractivity contribution in [1.29, 1.82) is 0 Å². The molecule has 3 heteroatoms. The summed E-state index contributed by atoms with van der Waals surface area (Å²) in [6, 6.07) is 0. The SMILES string of the molecule is CCN(CC)C(=O)C(C)CN(C)C. The lowest BCUT2D eigenvalue weighted by atomic mass is 10.1. The van der Waals surface area contributed by atoms with Crippen LogP contribution in [0.3, 0.4) is 0 Å². The average Bonchev–Trinajstić information content (AvgIpc) is 2.05. The van der Waals surface area contributed by atoms with E-state index in [0.29, 0.717) is 0 Å². The molecule has 0 radical (unpaired) electrons. The molecule has 0 rings (SSSR count). The van der Waals surface area contributed by atoms with E-state index in [0.717, 1.165) is 19.6 Å². The fraction of sp³-hybridized carbons (Fsp3) is 0.900. The first-order valence-corrected chi connectivity index (χ1v) is 4.96. The van der Waals surface area contributed by atoms with Gasteiger partial charge >= 0.3 is 0 Å². The van der Waals surface area contributed by atoms with Crippen LogP contribution in [-0.4, -0.2) is 49.4 Å². The van der Waals surface area contributed by atoms with Gasteiger partial charge in [-0.05, 0) is 27.9 Å². The van der Waals surface area contributed by atoms with Gasteiger partial charge in [0.05, 0.1) is 0 Å². The maximum atomic E-state index is 11.7. The van der Waals surface area contributed by atoms with Gasteiger partial charge in [0.2, 0.25) is 5.91 Å². The summed E-state index contributed by atoms with van der Waals surface area (Å²) in [5.41, 5.74) is 0. The maximum absolute atomic E-state index is 11.7. The minimum absolute atomic E-state index is 0.106. The predicted octanol–water partition coefficient (Wildman–Crippen LogP) is 1.05. The van der Waals surface area contributed by atoms with E-state index in [1.807, 2.05) is 44.7 Å². The molecule has 0 aliphatic heterocycles. The second kappa shape index (κ2) is 5.97. The quantitative estimate of drug-likeness (QED) is 0.641. The molecule has 1 atom stereocenters. The van der Waals surface area contributed by atoms with Gasteiger partial charge in [0.25, 0.3) is 0 Å². The summed E-state index contributed by atoms with van der Waals surface area (Å²) < 4.78 is 0. The summed E-state index contributed by atoms with van der Waals surface area (Å²) in [4.78, 5) is 15.7. The standard InChI is InChI=1S/C10H22N2O/c1-6-12(7-2)10(13)9(3)8-11(4)5/h9H,6-8H2,1-5H3. The molecule has 0 N–H and O–H groups in total. The van der Waals surface area contributed by atoms with Crippen LogP contribution in [-0.2, 0) is 4.79 Å². The van der Waals surface area contributed by atoms with Crippen LogP contribution in [0.5, 0.6) is 0 Å². The van der Waals surface area contributed by atoms with Gasteiger partial charge in [-0.3, -0.25) is 4.79 Å². The van der Waals surface area contributed by atoms with Crippen molar-refractivity contribution in [1.82, 2.24) is 9.80 Å². The molecule has 0 saturated carbocycles. The molecule has 0 aliphatic rings. The number of nitrogens with zero attached hydrogens (tertiary/aromatic N) is 2. The fourth-order valence-corrected chi connectivity index (χ4v) is 1.47. The number of hydrogen-bond donors (Lipinski definition) is 0. The molecule has 1 amide bonds. The van der Waals surface area contributed by atoms with E-state index in [-0.39, 0.29) is 11.8 Å². The minimum atomic E-state index is 0.106. The molecule has 0 aliphatic carbocycles. The summed E-state index contributed by atoms with van der Waals surface area (Å²) in [5, 5.41) is 0. The number of carbonyl (C=O) groups is 1. The van der Waals surface area contributed by atoms with Crippen molar-refractivity contribution < 1.29 is 4.79 Å². The molecule has 1 unspecified atom stereocenters. The Kier molecular flexibility index (Phi) is 5.71. The second-order valence-corrected chi connectivity index (χ2v) is 3.67. The van der Waals surface area contributed by atoms with Gasteiger partial charge in [-0.25, -0.2) is 0 Å². The number of amides is 1. The summed E-state index contributed by atoms with van der Waals surface area (Å²) >= 11 is 0. The van der Waals surface area contributed by atoms with Crippen LogP contribution in [0.15, 0.2) is 0 Å². The Labute approximate surface area is 81.7 Å². The average molecular weight is 186 g/mol. The molecule has 0 spiro atoms. The predicted molar refractivity (Wildman–Crippen MR) is 55.6 cm³/mol. The zero-order chi connectivity index (χ0) is 10.4. The van der Waals surface area contributed by atoms with Crippen molar-refractivity contribution in [3.8, 4) is 0 Å². The molecule has 13 heavy (non-hydrogen) atoms. The largest absolute Gasteiger partial charge is 0.343 e. The Morgan fingerprint density at radius 3 is 2.00 bits per heavy atom. The molecule has 0 bridgehead atoms. The first-order chi connectivity index (χ1) is 6.02. The van der Waals surface area contributed by atoms with Crippen LogP contribution < -0.4 is 0 Å². The van der Waals surface area contributed by atoms with Crippen molar-refractivity contribution >= 4 is 5.91 Å². The lowest BCUT2D eigenvalue weighted by Gasteiger charge is -2.24.